The second kappa shape index (κ2) is 7.92. The summed E-state index contributed by atoms with van der Waals surface area (Å²) in [6, 6.07) is 11.4. The highest BCUT2D eigenvalue weighted by Gasteiger charge is 2.19. The molecule has 0 aliphatic carbocycles. The Morgan fingerprint density at radius 1 is 1.12 bits per heavy atom. The van der Waals surface area contributed by atoms with Gasteiger partial charge in [0, 0.05) is 49.1 Å². The van der Waals surface area contributed by atoms with E-state index >= 15 is 0 Å². The largest absolute Gasteiger partial charge is 0.359 e. The number of nitrogens with one attached hydrogen (secondary N) is 1. The fourth-order valence-electron chi connectivity index (χ4n) is 2.70. The molecule has 25 heavy (non-hydrogen) atoms. The number of amides is 2. The molecule has 1 aromatic heterocycles. The Hall–Kier alpha value is -2.69. The summed E-state index contributed by atoms with van der Waals surface area (Å²) in [4.78, 5) is 30.2. The lowest BCUT2D eigenvalue weighted by Gasteiger charge is -2.24. The van der Waals surface area contributed by atoms with E-state index in [0.717, 1.165) is 22.5 Å². The average molecular weight is 339 g/mol. The zero-order chi connectivity index (χ0) is 18.6. The quantitative estimate of drug-likeness (QED) is 0.911. The monoisotopic (exact) mass is 339 g/mol. The first kappa shape index (κ1) is 18.6. The highest BCUT2D eigenvalue weighted by molar-refractivity contribution is 5.95. The molecule has 1 aromatic carbocycles. The topological polar surface area (TPSA) is 62.3 Å². The van der Waals surface area contributed by atoms with Crippen LogP contribution in [0.1, 0.15) is 35.1 Å². The molecule has 0 fully saturated rings. The van der Waals surface area contributed by atoms with E-state index in [0.29, 0.717) is 5.56 Å². The highest BCUT2D eigenvalue weighted by Crippen LogP contribution is 2.23. The van der Waals surface area contributed by atoms with E-state index in [4.69, 9.17) is 0 Å². The standard InChI is InChI=1S/C20H25N3O2/c1-13-6-11-18(15(3)22-13)16-7-9-17(10-8-16)20(25)23(5)14(2)12-19(24)21-4/h6-11,14H,12H2,1-5H3,(H,21,24)/t14-/m1/s1. The van der Waals surface area contributed by atoms with Gasteiger partial charge in [0.15, 0.2) is 0 Å². The number of carbonyl (C=O) groups excluding carboxylic acids is 2. The van der Waals surface area contributed by atoms with Gasteiger partial charge in [0.05, 0.1) is 0 Å². The lowest BCUT2D eigenvalue weighted by molar-refractivity contribution is -0.121. The number of nitrogens with zero attached hydrogens (tertiary/aromatic N) is 2. The van der Waals surface area contributed by atoms with Crippen LogP contribution in [0.25, 0.3) is 11.1 Å². The third-order valence-electron chi connectivity index (χ3n) is 4.41. The lowest BCUT2D eigenvalue weighted by atomic mass is 10.0. The average Bonchev–Trinajstić information content (AvgIpc) is 2.60. The Morgan fingerprint density at radius 3 is 2.32 bits per heavy atom. The SMILES string of the molecule is CNC(=O)C[C@@H](C)N(C)C(=O)c1ccc(-c2ccc(C)nc2C)cc1. The maximum absolute atomic E-state index is 12.6. The molecule has 0 saturated heterocycles. The van der Waals surface area contributed by atoms with Crippen LogP contribution in [0.15, 0.2) is 36.4 Å². The van der Waals surface area contributed by atoms with Crippen molar-refractivity contribution >= 4 is 11.8 Å². The summed E-state index contributed by atoms with van der Waals surface area (Å²) < 4.78 is 0. The Labute approximate surface area is 149 Å². The third-order valence-corrected chi connectivity index (χ3v) is 4.41. The van der Waals surface area contributed by atoms with Gasteiger partial charge in [-0.1, -0.05) is 18.2 Å². The van der Waals surface area contributed by atoms with Gasteiger partial charge in [-0.25, -0.2) is 0 Å². The number of pyridine rings is 1. The van der Waals surface area contributed by atoms with Gasteiger partial charge in [-0.15, -0.1) is 0 Å². The Balaban J connectivity index is 2.16. The molecule has 0 saturated carbocycles. The molecule has 0 aliphatic heterocycles. The fraction of sp³-hybridized carbons (Fsp3) is 0.350. The minimum atomic E-state index is -0.171. The first-order chi connectivity index (χ1) is 11.8. The van der Waals surface area contributed by atoms with Crippen LogP contribution in [0, 0.1) is 13.8 Å². The van der Waals surface area contributed by atoms with Crippen LogP contribution in [0.4, 0.5) is 0 Å². The predicted octanol–water partition coefficient (Wildman–Crippen LogP) is 2.96. The van der Waals surface area contributed by atoms with Crippen molar-refractivity contribution in [3.8, 4) is 11.1 Å². The van der Waals surface area contributed by atoms with Crippen molar-refractivity contribution < 1.29 is 9.59 Å². The van der Waals surface area contributed by atoms with Crippen molar-refractivity contribution in [1.82, 2.24) is 15.2 Å². The highest BCUT2D eigenvalue weighted by atomic mass is 16.2. The van der Waals surface area contributed by atoms with Crippen molar-refractivity contribution in [3.05, 3.63) is 53.3 Å². The molecular formula is C20H25N3O2. The molecule has 1 N–H and O–H groups in total. The second-order valence-corrected chi connectivity index (χ2v) is 6.31. The number of aromatic nitrogens is 1. The number of aryl methyl sites for hydroxylation is 2. The van der Waals surface area contributed by atoms with Crippen molar-refractivity contribution in [2.24, 2.45) is 0 Å². The van der Waals surface area contributed by atoms with Crippen LogP contribution in [-0.4, -0.2) is 41.8 Å². The lowest BCUT2D eigenvalue weighted by Crippen LogP contribution is -2.38. The van der Waals surface area contributed by atoms with Gasteiger partial charge in [0.2, 0.25) is 5.91 Å². The van der Waals surface area contributed by atoms with Crippen molar-refractivity contribution in [3.63, 3.8) is 0 Å². The summed E-state index contributed by atoms with van der Waals surface area (Å²) >= 11 is 0. The van der Waals surface area contributed by atoms with Gasteiger partial charge in [-0.2, -0.15) is 0 Å². The number of hydrogen-bond acceptors (Lipinski definition) is 3. The van der Waals surface area contributed by atoms with Gasteiger partial charge in [0.25, 0.3) is 5.91 Å². The first-order valence-corrected chi connectivity index (χ1v) is 8.36. The van der Waals surface area contributed by atoms with E-state index in [-0.39, 0.29) is 24.3 Å². The molecule has 0 radical (unpaired) electrons. The molecule has 1 atom stereocenters. The summed E-state index contributed by atoms with van der Waals surface area (Å²) in [7, 11) is 3.31. The van der Waals surface area contributed by atoms with Crippen LogP contribution < -0.4 is 5.32 Å². The van der Waals surface area contributed by atoms with E-state index in [1.165, 1.54) is 0 Å². The summed E-state index contributed by atoms with van der Waals surface area (Å²) in [5, 5.41) is 2.58. The maximum atomic E-state index is 12.6. The summed E-state index contributed by atoms with van der Waals surface area (Å²) in [5.74, 6) is -0.174. The van der Waals surface area contributed by atoms with Gasteiger partial charge in [0.1, 0.15) is 0 Å². The van der Waals surface area contributed by atoms with Gasteiger partial charge < -0.3 is 10.2 Å². The molecule has 0 bridgehead atoms. The Bertz CT molecular complexity index is 769. The van der Waals surface area contributed by atoms with E-state index in [9.17, 15) is 9.59 Å². The molecule has 5 nitrogen and oxygen atoms in total. The van der Waals surface area contributed by atoms with Crippen LogP contribution in [0.3, 0.4) is 0 Å². The molecule has 1 heterocycles. The van der Waals surface area contributed by atoms with E-state index in [2.05, 4.69) is 10.3 Å². The first-order valence-electron chi connectivity index (χ1n) is 8.36. The zero-order valence-electron chi connectivity index (χ0n) is 15.5. The number of benzene rings is 1. The molecule has 0 unspecified atom stereocenters. The number of carbonyl (C=O) groups is 2. The normalized spacial score (nSPS) is 11.7. The van der Waals surface area contributed by atoms with Gasteiger partial charge >= 0.3 is 0 Å². The second-order valence-electron chi connectivity index (χ2n) is 6.31. The molecule has 5 heteroatoms. The van der Waals surface area contributed by atoms with Crippen LogP contribution in [-0.2, 0) is 4.79 Å². The van der Waals surface area contributed by atoms with Crippen molar-refractivity contribution in [1.29, 1.82) is 0 Å². The molecule has 2 amide bonds. The predicted molar refractivity (Wildman–Crippen MR) is 99.4 cm³/mol. The number of rotatable bonds is 5. The molecule has 2 aromatic rings. The minimum Gasteiger partial charge on any atom is -0.359 e. The summed E-state index contributed by atoms with van der Waals surface area (Å²) in [6.45, 7) is 5.81. The summed E-state index contributed by atoms with van der Waals surface area (Å²) in [6.07, 6.45) is 0.283. The van der Waals surface area contributed by atoms with Gasteiger partial charge in [-0.3, -0.25) is 14.6 Å². The van der Waals surface area contributed by atoms with E-state index in [1.807, 2.05) is 57.2 Å². The van der Waals surface area contributed by atoms with Crippen LogP contribution >= 0.6 is 0 Å². The Kier molecular flexibility index (Phi) is 5.91. The molecule has 2 rings (SSSR count). The Morgan fingerprint density at radius 2 is 1.76 bits per heavy atom. The molecular weight excluding hydrogens is 314 g/mol. The molecule has 0 aliphatic rings. The zero-order valence-corrected chi connectivity index (χ0v) is 15.5. The van der Waals surface area contributed by atoms with E-state index < -0.39 is 0 Å². The maximum Gasteiger partial charge on any atom is 0.253 e. The van der Waals surface area contributed by atoms with E-state index in [1.54, 1.807) is 19.0 Å². The van der Waals surface area contributed by atoms with Crippen molar-refractivity contribution in [2.45, 2.75) is 33.2 Å². The smallest absolute Gasteiger partial charge is 0.253 e. The van der Waals surface area contributed by atoms with Crippen LogP contribution in [0.5, 0.6) is 0 Å². The summed E-state index contributed by atoms with van der Waals surface area (Å²) in [5.41, 5.74) is 4.65. The number of hydrogen-bond donors (Lipinski definition) is 1. The molecule has 132 valence electrons. The third kappa shape index (κ3) is 4.44. The van der Waals surface area contributed by atoms with Crippen molar-refractivity contribution in [2.75, 3.05) is 14.1 Å². The van der Waals surface area contributed by atoms with Gasteiger partial charge in [-0.05, 0) is 44.5 Å². The molecule has 0 spiro atoms. The van der Waals surface area contributed by atoms with Crippen LogP contribution in [0.2, 0.25) is 0 Å². The minimum absolute atomic E-state index is 0.0788. The fourth-order valence-corrected chi connectivity index (χ4v) is 2.70.